The van der Waals surface area contributed by atoms with Crippen molar-refractivity contribution in [1.29, 1.82) is 0 Å². The molecule has 0 aliphatic heterocycles. The lowest BCUT2D eigenvalue weighted by Gasteiger charge is -2.09. The summed E-state index contributed by atoms with van der Waals surface area (Å²) in [4.78, 5) is 23.7. The molecule has 6 nitrogen and oxygen atoms in total. The lowest BCUT2D eigenvalue weighted by Crippen LogP contribution is -2.32. The predicted octanol–water partition coefficient (Wildman–Crippen LogP) is 2.40. The van der Waals surface area contributed by atoms with E-state index >= 15 is 0 Å². The summed E-state index contributed by atoms with van der Waals surface area (Å²) >= 11 is 0. The van der Waals surface area contributed by atoms with Gasteiger partial charge in [-0.05, 0) is 48.7 Å². The fourth-order valence-electron chi connectivity index (χ4n) is 2.00. The van der Waals surface area contributed by atoms with Crippen LogP contribution in [0, 0.1) is 13.8 Å². The van der Waals surface area contributed by atoms with Crippen LogP contribution in [0.15, 0.2) is 47.6 Å². The van der Waals surface area contributed by atoms with E-state index in [0.29, 0.717) is 11.4 Å². The van der Waals surface area contributed by atoms with E-state index in [0.717, 1.165) is 16.7 Å². The normalized spacial score (nSPS) is 10.5. The molecule has 2 amide bonds. The molecular formula is C18H19N3O3. The minimum absolute atomic E-state index is 0.604. The third kappa shape index (κ3) is 4.42. The Hall–Kier alpha value is -3.15. The van der Waals surface area contributed by atoms with Gasteiger partial charge < -0.3 is 10.1 Å². The Kier molecular flexibility index (Phi) is 5.68. The van der Waals surface area contributed by atoms with Crippen molar-refractivity contribution in [3.8, 4) is 5.75 Å². The lowest BCUT2D eigenvalue weighted by atomic mass is 10.1. The summed E-state index contributed by atoms with van der Waals surface area (Å²) < 4.78 is 5.09. The van der Waals surface area contributed by atoms with Crippen LogP contribution in [0.2, 0.25) is 0 Å². The molecule has 2 aromatic carbocycles. The molecule has 0 aliphatic rings. The molecule has 124 valence electrons. The highest BCUT2D eigenvalue weighted by molar-refractivity contribution is 6.39. The van der Waals surface area contributed by atoms with Crippen LogP contribution in [0.25, 0.3) is 0 Å². The lowest BCUT2D eigenvalue weighted by molar-refractivity contribution is -0.136. The number of hydrogen-bond acceptors (Lipinski definition) is 4. The first kappa shape index (κ1) is 17.2. The minimum atomic E-state index is -0.838. The number of rotatable bonds is 4. The first-order valence-corrected chi connectivity index (χ1v) is 7.36. The molecule has 0 aromatic heterocycles. The zero-order valence-corrected chi connectivity index (χ0v) is 13.8. The standard InChI is InChI=1S/C18H19N3O3/c1-12-6-4-9-16(13(12)2)20-17(22)18(23)21-19-11-14-7-5-8-15(10-14)24-3/h4-11H,1-3H3,(H,20,22)(H,21,23)/b19-11-. The maximum absolute atomic E-state index is 11.9. The number of amides is 2. The summed E-state index contributed by atoms with van der Waals surface area (Å²) in [6.45, 7) is 3.81. The van der Waals surface area contributed by atoms with E-state index < -0.39 is 11.8 Å². The van der Waals surface area contributed by atoms with Crippen molar-refractivity contribution < 1.29 is 14.3 Å². The number of anilines is 1. The van der Waals surface area contributed by atoms with Crippen LogP contribution >= 0.6 is 0 Å². The highest BCUT2D eigenvalue weighted by atomic mass is 16.5. The van der Waals surface area contributed by atoms with Gasteiger partial charge in [0.1, 0.15) is 5.75 Å². The Bertz CT molecular complexity index is 785. The van der Waals surface area contributed by atoms with Gasteiger partial charge in [0.05, 0.1) is 13.3 Å². The maximum Gasteiger partial charge on any atom is 0.329 e. The quantitative estimate of drug-likeness (QED) is 0.515. The molecule has 0 aliphatic carbocycles. The van der Waals surface area contributed by atoms with E-state index in [-0.39, 0.29) is 0 Å². The van der Waals surface area contributed by atoms with Gasteiger partial charge in [0, 0.05) is 5.69 Å². The van der Waals surface area contributed by atoms with Crippen molar-refractivity contribution in [2.75, 3.05) is 12.4 Å². The van der Waals surface area contributed by atoms with E-state index in [1.807, 2.05) is 26.0 Å². The van der Waals surface area contributed by atoms with Gasteiger partial charge >= 0.3 is 11.8 Å². The summed E-state index contributed by atoms with van der Waals surface area (Å²) in [5.74, 6) is -0.931. The maximum atomic E-state index is 11.9. The van der Waals surface area contributed by atoms with Crippen LogP contribution in [0.3, 0.4) is 0 Å². The second-order valence-electron chi connectivity index (χ2n) is 5.18. The molecular weight excluding hydrogens is 306 g/mol. The summed E-state index contributed by atoms with van der Waals surface area (Å²) in [6.07, 6.45) is 1.44. The fourth-order valence-corrected chi connectivity index (χ4v) is 2.00. The third-order valence-electron chi connectivity index (χ3n) is 3.53. The topological polar surface area (TPSA) is 79.8 Å². The van der Waals surface area contributed by atoms with Crippen LogP contribution in [0.1, 0.15) is 16.7 Å². The molecule has 2 aromatic rings. The second kappa shape index (κ2) is 7.92. The van der Waals surface area contributed by atoms with Crippen molar-refractivity contribution in [3.63, 3.8) is 0 Å². The molecule has 2 N–H and O–H groups in total. The Balaban J connectivity index is 1.95. The molecule has 0 unspecified atom stereocenters. The number of ether oxygens (including phenoxy) is 1. The van der Waals surface area contributed by atoms with Gasteiger partial charge in [-0.1, -0.05) is 24.3 Å². The van der Waals surface area contributed by atoms with Gasteiger partial charge in [-0.2, -0.15) is 5.10 Å². The average molecular weight is 325 g/mol. The molecule has 0 fully saturated rings. The van der Waals surface area contributed by atoms with Gasteiger partial charge in [0.25, 0.3) is 0 Å². The summed E-state index contributed by atoms with van der Waals surface area (Å²) in [5.41, 5.74) is 5.49. The highest BCUT2D eigenvalue weighted by Gasteiger charge is 2.14. The van der Waals surface area contributed by atoms with E-state index in [1.54, 1.807) is 37.4 Å². The zero-order valence-electron chi connectivity index (χ0n) is 13.8. The fraction of sp³-hybridized carbons (Fsp3) is 0.167. The number of aryl methyl sites for hydroxylation is 1. The number of methoxy groups -OCH3 is 1. The Morgan fingerprint density at radius 1 is 1.08 bits per heavy atom. The van der Waals surface area contributed by atoms with Crippen molar-refractivity contribution in [2.45, 2.75) is 13.8 Å². The zero-order chi connectivity index (χ0) is 17.5. The van der Waals surface area contributed by atoms with Gasteiger partial charge in [-0.3, -0.25) is 9.59 Å². The van der Waals surface area contributed by atoms with E-state index in [4.69, 9.17) is 4.74 Å². The molecule has 6 heteroatoms. The van der Waals surface area contributed by atoms with Crippen LogP contribution < -0.4 is 15.5 Å². The van der Waals surface area contributed by atoms with Gasteiger partial charge in [0.2, 0.25) is 0 Å². The summed E-state index contributed by atoms with van der Waals surface area (Å²) in [5, 5.41) is 6.35. The van der Waals surface area contributed by atoms with E-state index in [2.05, 4.69) is 15.8 Å². The number of benzene rings is 2. The average Bonchev–Trinajstić information content (AvgIpc) is 2.59. The van der Waals surface area contributed by atoms with Crippen molar-refractivity contribution >= 4 is 23.7 Å². The number of carbonyl (C=O) groups is 2. The number of nitrogens with one attached hydrogen (secondary N) is 2. The second-order valence-corrected chi connectivity index (χ2v) is 5.18. The molecule has 24 heavy (non-hydrogen) atoms. The van der Waals surface area contributed by atoms with Crippen LogP contribution in [0.4, 0.5) is 5.69 Å². The SMILES string of the molecule is COc1cccc(/C=N\NC(=O)C(=O)Nc2cccc(C)c2C)c1. The van der Waals surface area contributed by atoms with Crippen molar-refractivity contribution in [1.82, 2.24) is 5.43 Å². The summed E-state index contributed by atoms with van der Waals surface area (Å²) in [7, 11) is 1.57. The van der Waals surface area contributed by atoms with Crippen LogP contribution in [0.5, 0.6) is 5.75 Å². The predicted molar refractivity (Wildman–Crippen MR) is 93.3 cm³/mol. The Morgan fingerprint density at radius 2 is 1.83 bits per heavy atom. The highest BCUT2D eigenvalue weighted by Crippen LogP contribution is 2.17. The number of hydrazone groups is 1. The van der Waals surface area contributed by atoms with Crippen LogP contribution in [-0.4, -0.2) is 25.1 Å². The molecule has 0 atom stereocenters. The van der Waals surface area contributed by atoms with E-state index in [9.17, 15) is 9.59 Å². The molecule has 0 spiro atoms. The monoisotopic (exact) mass is 325 g/mol. The Labute approximate surface area is 140 Å². The minimum Gasteiger partial charge on any atom is -0.497 e. The van der Waals surface area contributed by atoms with Crippen LogP contribution in [-0.2, 0) is 9.59 Å². The summed E-state index contributed by atoms with van der Waals surface area (Å²) in [6, 6.07) is 12.6. The van der Waals surface area contributed by atoms with Gasteiger partial charge in [-0.15, -0.1) is 0 Å². The molecule has 0 bridgehead atoms. The molecule has 0 radical (unpaired) electrons. The van der Waals surface area contributed by atoms with E-state index in [1.165, 1.54) is 6.21 Å². The molecule has 0 heterocycles. The number of carbonyl (C=O) groups excluding carboxylic acids is 2. The smallest absolute Gasteiger partial charge is 0.329 e. The number of hydrogen-bond donors (Lipinski definition) is 2. The van der Waals surface area contributed by atoms with Gasteiger partial charge in [0.15, 0.2) is 0 Å². The first-order valence-electron chi connectivity index (χ1n) is 7.36. The first-order chi connectivity index (χ1) is 11.5. The van der Waals surface area contributed by atoms with Crippen molar-refractivity contribution in [2.24, 2.45) is 5.10 Å². The third-order valence-corrected chi connectivity index (χ3v) is 3.53. The van der Waals surface area contributed by atoms with Crippen molar-refractivity contribution in [3.05, 3.63) is 59.2 Å². The number of nitrogens with zero attached hydrogens (tertiary/aromatic N) is 1. The van der Waals surface area contributed by atoms with Gasteiger partial charge in [-0.25, -0.2) is 5.43 Å². The molecule has 0 saturated heterocycles. The largest absolute Gasteiger partial charge is 0.497 e. The molecule has 2 rings (SSSR count). The Morgan fingerprint density at radius 3 is 2.58 bits per heavy atom. The molecule has 0 saturated carbocycles.